The van der Waals surface area contributed by atoms with Crippen molar-refractivity contribution < 1.29 is 13.9 Å². The van der Waals surface area contributed by atoms with E-state index in [0.29, 0.717) is 42.5 Å². The molecule has 0 spiro atoms. The Labute approximate surface area is 147 Å². The zero-order valence-electron chi connectivity index (χ0n) is 15.0. The number of fused-ring (bicyclic) bond motifs is 1. The van der Waals surface area contributed by atoms with Crippen LogP contribution in [-0.4, -0.2) is 33.7 Å². The number of aromatic nitrogens is 2. The monoisotopic (exact) mass is 345 g/mol. The second-order valence-electron chi connectivity index (χ2n) is 6.76. The van der Waals surface area contributed by atoms with E-state index in [-0.39, 0.29) is 11.7 Å². The molecule has 1 aliphatic rings. The fraction of sp³-hybridized carbons (Fsp3) is 0.474. The summed E-state index contributed by atoms with van der Waals surface area (Å²) in [5, 5.41) is 4.40. The van der Waals surface area contributed by atoms with Crippen molar-refractivity contribution >= 4 is 5.91 Å². The molecule has 2 aromatic rings. The molecule has 0 fully saturated rings. The van der Waals surface area contributed by atoms with E-state index in [1.807, 2.05) is 11.6 Å². The van der Waals surface area contributed by atoms with Crippen molar-refractivity contribution in [3.05, 3.63) is 47.0 Å². The Morgan fingerprint density at radius 1 is 1.40 bits per heavy atom. The molecule has 0 saturated heterocycles. The van der Waals surface area contributed by atoms with Gasteiger partial charge in [0.1, 0.15) is 18.2 Å². The highest BCUT2D eigenvalue weighted by molar-refractivity contribution is 5.95. The third-order valence-corrected chi connectivity index (χ3v) is 4.34. The lowest BCUT2D eigenvalue weighted by Crippen LogP contribution is -2.33. The van der Waals surface area contributed by atoms with Crippen LogP contribution in [0.1, 0.15) is 42.4 Å². The van der Waals surface area contributed by atoms with E-state index < -0.39 is 0 Å². The van der Waals surface area contributed by atoms with Crippen LogP contribution in [0.25, 0.3) is 0 Å². The van der Waals surface area contributed by atoms with Crippen molar-refractivity contribution in [1.29, 1.82) is 0 Å². The highest BCUT2D eigenvalue weighted by Gasteiger charge is 2.25. The lowest BCUT2D eigenvalue weighted by Gasteiger charge is -2.20. The third kappa shape index (κ3) is 3.67. The Morgan fingerprint density at radius 3 is 2.92 bits per heavy atom. The third-order valence-electron chi connectivity index (χ3n) is 4.34. The zero-order chi connectivity index (χ0) is 18.0. The highest BCUT2D eigenvalue weighted by atomic mass is 19.1. The smallest absolute Gasteiger partial charge is 0.257 e. The van der Waals surface area contributed by atoms with E-state index in [1.54, 1.807) is 17.2 Å². The number of carbonyl (C=O) groups excluding carboxylic acids is 1. The summed E-state index contributed by atoms with van der Waals surface area (Å²) in [6, 6.07) is 4.43. The molecule has 1 amide bonds. The molecular weight excluding hydrogens is 321 g/mol. The van der Waals surface area contributed by atoms with Crippen LogP contribution in [0.3, 0.4) is 0 Å². The minimum Gasteiger partial charge on any atom is -0.491 e. The molecule has 0 aliphatic carbocycles. The molecule has 1 aromatic heterocycles. The van der Waals surface area contributed by atoms with Crippen molar-refractivity contribution in [2.24, 2.45) is 5.92 Å². The number of rotatable bonds is 4. The predicted octanol–water partition coefficient (Wildman–Crippen LogP) is 3.28. The van der Waals surface area contributed by atoms with E-state index in [0.717, 1.165) is 18.7 Å². The maximum absolute atomic E-state index is 13.5. The molecule has 25 heavy (non-hydrogen) atoms. The van der Waals surface area contributed by atoms with E-state index in [9.17, 15) is 9.18 Å². The standard InChI is InChI=1S/C19H24FN3O2/c1-4-17-16(10-21-23(17)11-13(2)3)19(24)22-7-8-25-18-6-5-15(20)9-14(18)12-22/h5-6,9-10,13H,4,7-8,11-12H2,1-3H3. The van der Waals surface area contributed by atoms with Crippen molar-refractivity contribution in [1.82, 2.24) is 14.7 Å². The number of amides is 1. The molecule has 134 valence electrons. The van der Waals surface area contributed by atoms with Gasteiger partial charge in [0.15, 0.2) is 0 Å². The molecule has 0 bridgehead atoms. The molecule has 2 heterocycles. The Morgan fingerprint density at radius 2 is 2.20 bits per heavy atom. The second kappa shape index (κ2) is 7.25. The largest absolute Gasteiger partial charge is 0.491 e. The molecule has 0 atom stereocenters. The van der Waals surface area contributed by atoms with Gasteiger partial charge in [-0.2, -0.15) is 5.10 Å². The van der Waals surface area contributed by atoms with Crippen LogP contribution in [0.15, 0.2) is 24.4 Å². The fourth-order valence-electron chi connectivity index (χ4n) is 3.17. The number of benzene rings is 1. The van der Waals surface area contributed by atoms with Crippen LogP contribution in [0, 0.1) is 11.7 Å². The van der Waals surface area contributed by atoms with Crippen LogP contribution < -0.4 is 4.74 Å². The topological polar surface area (TPSA) is 47.4 Å². The summed E-state index contributed by atoms with van der Waals surface area (Å²) < 4.78 is 21.1. The van der Waals surface area contributed by atoms with Gasteiger partial charge < -0.3 is 9.64 Å². The Bertz CT molecular complexity index is 770. The van der Waals surface area contributed by atoms with Gasteiger partial charge >= 0.3 is 0 Å². The molecule has 5 nitrogen and oxygen atoms in total. The van der Waals surface area contributed by atoms with Crippen LogP contribution >= 0.6 is 0 Å². The molecule has 0 unspecified atom stereocenters. The number of nitrogens with zero attached hydrogens (tertiary/aromatic N) is 3. The van der Waals surface area contributed by atoms with E-state index in [4.69, 9.17) is 4.74 Å². The predicted molar refractivity (Wildman–Crippen MR) is 93.1 cm³/mol. The maximum atomic E-state index is 13.5. The van der Waals surface area contributed by atoms with E-state index in [2.05, 4.69) is 18.9 Å². The van der Waals surface area contributed by atoms with Crippen molar-refractivity contribution in [2.45, 2.75) is 40.3 Å². The summed E-state index contributed by atoms with van der Waals surface area (Å²) in [7, 11) is 0. The quantitative estimate of drug-likeness (QED) is 0.854. The number of halogens is 1. The number of hydrogen-bond donors (Lipinski definition) is 0. The van der Waals surface area contributed by atoms with Gasteiger partial charge in [-0.15, -0.1) is 0 Å². The van der Waals surface area contributed by atoms with Gasteiger partial charge in [0, 0.05) is 18.7 Å². The summed E-state index contributed by atoms with van der Waals surface area (Å²) in [6.07, 6.45) is 2.39. The van der Waals surface area contributed by atoms with Crippen LogP contribution in [0.2, 0.25) is 0 Å². The number of hydrogen-bond acceptors (Lipinski definition) is 3. The first-order valence-electron chi connectivity index (χ1n) is 8.74. The molecule has 3 rings (SSSR count). The van der Waals surface area contributed by atoms with Crippen molar-refractivity contribution in [2.75, 3.05) is 13.2 Å². The molecule has 1 aromatic carbocycles. The molecule has 6 heteroatoms. The van der Waals surface area contributed by atoms with Gasteiger partial charge in [-0.05, 0) is 30.5 Å². The number of ether oxygens (including phenoxy) is 1. The average Bonchev–Trinajstić information content (AvgIpc) is 2.84. The molecule has 1 aliphatic heterocycles. The maximum Gasteiger partial charge on any atom is 0.257 e. The summed E-state index contributed by atoms with van der Waals surface area (Å²) >= 11 is 0. The minimum absolute atomic E-state index is 0.0763. The molecule has 0 N–H and O–H groups in total. The van der Waals surface area contributed by atoms with Gasteiger partial charge in [0.25, 0.3) is 5.91 Å². The SMILES string of the molecule is CCc1c(C(=O)N2CCOc3ccc(F)cc3C2)cnn1CC(C)C. The van der Waals surface area contributed by atoms with Gasteiger partial charge in [0.2, 0.25) is 0 Å². The summed E-state index contributed by atoms with van der Waals surface area (Å²) in [5.74, 6) is 0.695. The van der Waals surface area contributed by atoms with Crippen LogP contribution in [0.4, 0.5) is 4.39 Å². The minimum atomic E-state index is -0.323. The van der Waals surface area contributed by atoms with Gasteiger partial charge in [-0.3, -0.25) is 9.48 Å². The summed E-state index contributed by atoms with van der Waals surface area (Å²) in [5.41, 5.74) is 2.27. The number of carbonyl (C=O) groups is 1. The Kier molecular flexibility index (Phi) is 5.06. The molecule has 0 radical (unpaired) electrons. The zero-order valence-corrected chi connectivity index (χ0v) is 15.0. The second-order valence-corrected chi connectivity index (χ2v) is 6.76. The van der Waals surface area contributed by atoms with Crippen LogP contribution in [-0.2, 0) is 19.5 Å². The lowest BCUT2D eigenvalue weighted by atomic mass is 10.1. The first-order chi connectivity index (χ1) is 12.0. The Balaban J connectivity index is 1.87. The fourth-order valence-corrected chi connectivity index (χ4v) is 3.17. The van der Waals surface area contributed by atoms with E-state index >= 15 is 0 Å². The van der Waals surface area contributed by atoms with Gasteiger partial charge in [-0.1, -0.05) is 20.8 Å². The lowest BCUT2D eigenvalue weighted by molar-refractivity contribution is 0.0732. The molecular formula is C19H24FN3O2. The van der Waals surface area contributed by atoms with Crippen molar-refractivity contribution in [3.8, 4) is 5.75 Å². The molecule has 0 saturated carbocycles. The van der Waals surface area contributed by atoms with Crippen LogP contribution in [0.5, 0.6) is 5.75 Å². The first kappa shape index (κ1) is 17.5. The first-order valence-corrected chi connectivity index (χ1v) is 8.74. The van der Waals surface area contributed by atoms with Crippen molar-refractivity contribution in [3.63, 3.8) is 0 Å². The average molecular weight is 345 g/mol. The highest BCUT2D eigenvalue weighted by Crippen LogP contribution is 2.25. The summed E-state index contributed by atoms with van der Waals surface area (Å²) in [4.78, 5) is 14.8. The normalized spacial score (nSPS) is 14.2. The summed E-state index contributed by atoms with van der Waals surface area (Å²) in [6.45, 7) is 8.26. The van der Waals surface area contributed by atoms with E-state index in [1.165, 1.54) is 12.1 Å². The Hall–Kier alpha value is -2.37. The van der Waals surface area contributed by atoms with Gasteiger partial charge in [0.05, 0.1) is 24.0 Å². The van der Waals surface area contributed by atoms with Gasteiger partial charge in [-0.25, -0.2) is 4.39 Å².